The number of carbonyl (C=O) groups excluding carboxylic acids is 1. The molecule has 2 atom stereocenters. The van der Waals surface area contributed by atoms with Gasteiger partial charge in [0.2, 0.25) is 5.91 Å². The first-order valence-electron chi connectivity index (χ1n) is 6.04. The number of rotatable bonds is 5. The third-order valence-corrected chi connectivity index (χ3v) is 4.35. The number of amides is 1. The standard InChI is InChI=1S/C14H14FNO3S/c1-10(14(17)16-9-12-3-2-8-19-12)20(18)13-6-4-11(15)5-7-13/h2-8,10H,9H2,1H3,(H,16,17). The van der Waals surface area contributed by atoms with E-state index in [1.165, 1.54) is 30.5 Å². The van der Waals surface area contributed by atoms with Gasteiger partial charge < -0.3 is 9.73 Å². The molecular weight excluding hydrogens is 281 g/mol. The van der Waals surface area contributed by atoms with E-state index in [0.717, 1.165) is 0 Å². The molecule has 1 amide bonds. The highest BCUT2D eigenvalue weighted by atomic mass is 32.2. The van der Waals surface area contributed by atoms with Crippen molar-refractivity contribution in [1.29, 1.82) is 0 Å². The van der Waals surface area contributed by atoms with Gasteiger partial charge in [-0.25, -0.2) is 4.39 Å². The van der Waals surface area contributed by atoms with Crippen LogP contribution in [0.4, 0.5) is 4.39 Å². The minimum atomic E-state index is -1.52. The van der Waals surface area contributed by atoms with E-state index < -0.39 is 21.9 Å². The molecule has 1 aromatic heterocycles. The molecule has 1 heterocycles. The molecule has 0 aliphatic rings. The van der Waals surface area contributed by atoms with E-state index in [0.29, 0.717) is 10.7 Å². The van der Waals surface area contributed by atoms with Crippen molar-refractivity contribution in [3.05, 3.63) is 54.2 Å². The molecule has 0 aliphatic carbocycles. The summed E-state index contributed by atoms with van der Waals surface area (Å²) in [7, 11) is -1.52. The second-order valence-corrected chi connectivity index (χ2v) is 5.96. The summed E-state index contributed by atoms with van der Waals surface area (Å²) in [6.07, 6.45) is 1.52. The fourth-order valence-corrected chi connectivity index (χ4v) is 2.69. The molecule has 0 aliphatic heterocycles. The molecule has 4 nitrogen and oxygen atoms in total. The van der Waals surface area contributed by atoms with Gasteiger partial charge in [0.05, 0.1) is 23.6 Å². The Morgan fingerprint density at radius 2 is 2.05 bits per heavy atom. The molecule has 6 heteroatoms. The molecule has 0 bridgehead atoms. The molecule has 0 spiro atoms. The van der Waals surface area contributed by atoms with Crippen LogP contribution in [0, 0.1) is 5.82 Å². The van der Waals surface area contributed by atoms with Crippen LogP contribution in [-0.4, -0.2) is 15.4 Å². The van der Waals surface area contributed by atoms with Crippen LogP contribution in [0.5, 0.6) is 0 Å². The summed E-state index contributed by atoms with van der Waals surface area (Å²) < 4.78 is 30.1. The van der Waals surface area contributed by atoms with Crippen LogP contribution in [0.15, 0.2) is 52.0 Å². The molecular formula is C14H14FNO3S. The number of hydrogen-bond acceptors (Lipinski definition) is 3. The van der Waals surface area contributed by atoms with Crippen LogP contribution in [0.25, 0.3) is 0 Å². The summed E-state index contributed by atoms with van der Waals surface area (Å²) in [4.78, 5) is 12.3. The lowest BCUT2D eigenvalue weighted by atomic mass is 10.3. The van der Waals surface area contributed by atoms with Crippen molar-refractivity contribution < 1.29 is 17.8 Å². The first kappa shape index (κ1) is 14.5. The summed E-state index contributed by atoms with van der Waals surface area (Å²) in [5.74, 6) is -0.122. The molecule has 2 rings (SSSR count). The Bertz CT molecular complexity index is 595. The van der Waals surface area contributed by atoms with Gasteiger partial charge in [-0.2, -0.15) is 0 Å². The van der Waals surface area contributed by atoms with Gasteiger partial charge in [-0.05, 0) is 43.3 Å². The molecule has 1 N–H and O–H groups in total. The summed E-state index contributed by atoms with van der Waals surface area (Å²) >= 11 is 0. The Labute approximate surface area is 118 Å². The van der Waals surface area contributed by atoms with Crippen molar-refractivity contribution in [2.75, 3.05) is 0 Å². The second kappa shape index (κ2) is 6.47. The summed E-state index contributed by atoms with van der Waals surface area (Å²) in [5.41, 5.74) is 0. The molecule has 0 radical (unpaired) electrons. The van der Waals surface area contributed by atoms with E-state index in [1.807, 2.05) is 0 Å². The fourth-order valence-electron chi connectivity index (χ4n) is 1.60. The van der Waals surface area contributed by atoms with Crippen molar-refractivity contribution in [2.45, 2.75) is 23.6 Å². The fraction of sp³-hybridized carbons (Fsp3) is 0.214. The van der Waals surface area contributed by atoms with E-state index in [2.05, 4.69) is 5.32 Å². The van der Waals surface area contributed by atoms with Crippen molar-refractivity contribution in [1.82, 2.24) is 5.32 Å². The molecule has 106 valence electrons. The molecule has 20 heavy (non-hydrogen) atoms. The Morgan fingerprint density at radius 1 is 1.35 bits per heavy atom. The van der Waals surface area contributed by atoms with Crippen LogP contribution in [0.3, 0.4) is 0 Å². The van der Waals surface area contributed by atoms with Gasteiger partial charge in [-0.1, -0.05) is 0 Å². The maximum atomic E-state index is 12.8. The molecule has 2 aromatic rings. The minimum Gasteiger partial charge on any atom is -0.467 e. The Balaban J connectivity index is 1.95. The lowest BCUT2D eigenvalue weighted by Gasteiger charge is -2.11. The number of nitrogens with one attached hydrogen (secondary N) is 1. The van der Waals surface area contributed by atoms with Crippen LogP contribution in [0.2, 0.25) is 0 Å². The highest BCUT2D eigenvalue weighted by Gasteiger charge is 2.21. The average molecular weight is 295 g/mol. The van der Waals surface area contributed by atoms with Gasteiger partial charge in [0.25, 0.3) is 0 Å². The van der Waals surface area contributed by atoms with Crippen LogP contribution < -0.4 is 5.32 Å². The SMILES string of the molecule is CC(C(=O)NCc1ccco1)S(=O)c1ccc(F)cc1. The number of halogens is 1. The average Bonchev–Trinajstić information content (AvgIpc) is 2.97. The topological polar surface area (TPSA) is 59.3 Å². The molecule has 0 saturated carbocycles. The van der Waals surface area contributed by atoms with E-state index in [9.17, 15) is 13.4 Å². The van der Waals surface area contributed by atoms with Crippen molar-refractivity contribution in [3.8, 4) is 0 Å². The molecule has 0 fully saturated rings. The molecule has 2 unspecified atom stereocenters. The van der Waals surface area contributed by atoms with Gasteiger partial charge >= 0.3 is 0 Å². The van der Waals surface area contributed by atoms with Gasteiger partial charge in [0.15, 0.2) is 0 Å². The zero-order valence-corrected chi connectivity index (χ0v) is 11.7. The van der Waals surface area contributed by atoms with Crippen LogP contribution >= 0.6 is 0 Å². The predicted octanol–water partition coefficient (Wildman–Crippen LogP) is 2.23. The van der Waals surface area contributed by atoms with Gasteiger partial charge in [-0.15, -0.1) is 0 Å². The van der Waals surface area contributed by atoms with Gasteiger partial charge in [0, 0.05) is 4.90 Å². The Hall–Kier alpha value is -1.95. The quantitative estimate of drug-likeness (QED) is 0.920. The first-order chi connectivity index (χ1) is 9.58. The Morgan fingerprint density at radius 3 is 2.65 bits per heavy atom. The largest absolute Gasteiger partial charge is 0.467 e. The number of carbonyl (C=O) groups is 1. The summed E-state index contributed by atoms with van der Waals surface area (Å²) in [5, 5.41) is 1.92. The molecule has 0 saturated heterocycles. The third-order valence-electron chi connectivity index (χ3n) is 2.75. The van der Waals surface area contributed by atoms with E-state index in [-0.39, 0.29) is 12.5 Å². The first-order valence-corrected chi connectivity index (χ1v) is 7.25. The Kier molecular flexibility index (Phi) is 4.68. The number of furan rings is 1. The van der Waals surface area contributed by atoms with Crippen molar-refractivity contribution in [3.63, 3.8) is 0 Å². The normalized spacial score (nSPS) is 13.7. The molecule has 1 aromatic carbocycles. The van der Waals surface area contributed by atoms with Crippen molar-refractivity contribution >= 4 is 16.7 Å². The van der Waals surface area contributed by atoms with E-state index in [4.69, 9.17) is 4.42 Å². The maximum Gasteiger partial charge on any atom is 0.236 e. The van der Waals surface area contributed by atoms with Gasteiger partial charge in [-0.3, -0.25) is 9.00 Å². The lowest BCUT2D eigenvalue weighted by molar-refractivity contribution is -0.120. The maximum absolute atomic E-state index is 12.8. The third kappa shape index (κ3) is 3.54. The highest BCUT2D eigenvalue weighted by Crippen LogP contribution is 2.12. The van der Waals surface area contributed by atoms with Crippen molar-refractivity contribution in [2.24, 2.45) is 0 Å². The van der Waals surface area contributed by atoms with Crippen LogP contribution in [0.1, 0.15) is 12.7 Å². The van der Waals surface area contributed by atoms with E-state index >= 15 is 0 Å². The highest BCUT2D eigenvalue weighted by molar-refractivity contribution is 7.86. The smallest absolute Gasteiger partial charge is 0.236 e. The number of benzene rings is 1. The zero-order valence-electron chi connectivity index (χ0n) is 10.8. The zero-order chi connectivity index (χ0) is 14.5. The minimum absolute atomic E-state index is 0.247. The summed E-state index contributed by atoms with van der Waals surface area (Å²) in [6, 6.07) is 8.74. The summed E-state index contributed by atoms with van der Waals surface area (Å²) in [6.45, 7) is 1.81. The monoisotopic (exact) mass is 295 g/mol. The second-order valence-electron chi connectivity index (χ2n) is 4.19. The van der Waals surface area contributed by atoms with E-state index in [1.54, 1.807) is 19.1 Å². The predicted molar refractivity (Wildman–Crippen MR) is 72.8 cm³/mol. The van der Waals surface area contributed by atoms with Gasteiger partial charge in [0.1, 0.15) is 16.8 Å². The lowest BCUT2D eigenvalue weighted by Crippen LogP contribution is -2.34. The number of hydrogen-bond donors (Lipinski definition) is 1. The van der Waals surface area contributed by atoms with Crippen LogP contribution in [-0.2, 0) is 22.1 Å².